The first-order valence-electron chi connectivity index (χ1n) is 10.6. The summed E-state index contributed by atoms with van der Waals surface area (Å²) in [6, 6.07) is 10.1. The lowest BCUT2D eigenvalue weighted by atomic mass is 9.94. The second-order valence-corrected chi connectivity index (χ2v) is 8.01. The van der Waals surface area contributed by atoms with Crippen molar-refractivity contribution in [2.45, 2.75) is 44.5 Å². The van der Waals surface area contributed by atoms with Gasteiger partial charge < -0.3 is 14.6 Å². The molecule has 1 aliphatic heterocycles. The Morgan fingerprint density at radius 1 is 1.16 bits per heavy atom. The molecule has 0 bridgehead atoms. The van der Waals surface area contributed by atoms with Crippen molar-refractivity contribution in [2.24, 2.45) is 0 Å². The SMILES string of the molecule is COc1cc(C(C)=O)ccc1OCC(O)CN1CCCCC1c1ccc(C(F)(F)F)cc1. The Morgan fingerprint density at radius 3 is 2.50 bits per heavy atom. The molecule has 2 unspecified atom stereocenters. The third-order valence-electron chi connectivity index (χ3n) is 5.68. The van der Waals surface area contributed by atoms with Crippen molar-refractivity contribution in [3.05, 3.63) is 59.2 Å². The summed E-state index contributed by atoms with van der Waals surface area (Å²) in [4.78, 5) is 13.6. The zero-order valence-electron chi connectivity index (χ0n) is 18.2. The number of hydrogen-bond acceptors (Lipinski definition) is 5. The fraction of sp³-hybridized carbons (Fsp3) is 0.458. The highest BCUT2D eigenvalue weighted by atomic mass is 19.4. The maximum atomic E-state index is 12.9. The predicted octanol–water partition coefficient (Wildman–Crippen LogP) is 4.88. The minimum absolute atomic E-state index is 0.0199. The molecular formula is C24H28F3NO4. The van der Waals surface area contributed by atoms with Crippen LogP contribution in [0.1, 0.15) is 53.7 Å². The van der Waals surface area contributed by atoms with E-state index in [2.05, 4.69) is 4.90 Å². The average Bonchev–Trinajstić information content (AvgIpc) is 2.77. The van der Waals surface area contributed by atoms with E-state index in [1.165, 1.54) is 26.2 Å². The summed E-state index contributed by atoms with van der Waals surface area (Å²) in [7, 11) is 1.48. The van der Waals surface area contributed by atoms with Gasteiger partial charge in [-0.25, -0.2) is 0 Å². The van der Waals surface area contributed by atoms with Crippen LogP contribution in [0.2, 0.25) is 0 Å². The zero-order valence-corrected chi connectivity index (χ0v) is 18.2. The van der Waals surface area contributed by atoms with Gasteiger partial charge in [0.05, 0.1) is 12.7 Å². The van der Waals surface area contributed by atoms with Crippen molar-refractivity contribution in [3.8, 4) is 11.5 Å². The van der Waals surface area contributed by atoms with Gasteiger partial charge in [0.1, 0.15) is 12.7 Å². The van der Waals surface area contributed by atoms with Gasteiger partial charge in [-0.3, -0.25) is 9.69 Å². The van der Waals surface area contributed by atoms with Crippen LogP contribution in [0.15, 0.2) is 42.5 Å². The second-order valence-electron chi connectivity index (χ2n) is 8.01. The number of nitrogens with zero attached hydrogens (tertiary/aromatic N) is 1. The molecule has 0 radical (unpaired) electrons. The number of rotatable bonds is 8. The third kappa shape index (κ3) is 6.01. The number of methoxy groups -OCH3 is 1. The minimum atomic E-state index is -4.36. The Morgan fingerprint density at radius 2 is 1.88 bits per heavy atom. The van der Waals surface area contributed by atoms with E-state index < -0.39 is 17.8 Å². The molecule has 2 aromatic carbocycles. The number of β-amino-alcohol motifs (C(OH)–C–C–N with tert-alkyl or cyclic N) is 1. The topological polar surface area (TPSA) is 59.0 Å². The van der Waals surface area contributed by atoms with Crippen molar-refractivity contribution in [1.29, 1.82) is 0 Å². The van der Waals surface area contributed by atoms with Crippen molar-refractivity contribution in [1.82, 2.24) is 4.90 Å². The van der Waals surface area contributed by atoms with Crippen LogP contribution in [-0.4, -0.2) is 48.7 Å². The third-order valence-corrected chi connectivity index (χ3v) is 5.68. The fourth-order valence-corrected chi connectivity index (χ4v) is 4.00. The number of Topliss-reactive ketones (excluding diaryl/α,β-unsaturated/α-hetero) is 1. The maximum Gasteiger partial charge on any atom is 0.416 e. The van der Waals surface area contributed by atoms with Crippen LogP contribution in [0.5, 0.6) is 11.5 Å². The van der Waals surface area contributed by atoms with Gasteiger partial charge in [0.15, 0.2) is 17.3 Å². The number of likely N-dealkylation sites (tertiary alicyclic amines) is 1. The summed E-state index contributed by atoms with van der Waals surface area (Å²) in [6.07, 6.45) is -2.40. The van der Waals surface area contributed by atoms with Gasteiger partial charge in [-0.1, -0.05) is 18.6 Å². The molecule has 174 valence electrons. The van der Waals surface area contributed by atoms with Gasteiger partial charge in [0.2, 0.25) is 0 Å². The highest BCUT2D eigenvalue weighted by Crippen LogP contribution is 2.34. The largest absolute Gasteiger partial charge is 0.493 e. The van der Waals surface area contributed by atoms with Crippen LogP contribution in [0.25, 0.3) is 0 Å². The number of carbonyl (C=O) groups is 1. The Hall–Kier alpha value is -2.58. The average molecular weight is 451 g/mol. The van der Waals surface area contributed by atoms with Crippen molar-refractivity contribution >= 4 is 5.78 Å². The van der Waals surface area contributed by atoms with E-state index in [0.717, 1.165) is 43.5 Å². The predicted molar refractivity (Wildman–Crippen MR) is 114 cm³/mol. The van der Waals surface area contributed by atoms with Gasteiger partial charge in [-0.15, -0.1) is 0 Å². The van der Waals surface area contributed by atoms with Gasteiger partial charge in [0.25, 0.3) is 0 Å². The first-order valence-corrected chi connectivity index (χ1v) is 10.6. The summed E-state index contributed by atoms with van der Waals surface area (Å²) in [5.41, 5.74) is 0.650. The van der Waals surface area contributed by atoms with Crippen LogP contribution < -0.4 is 9.47 Å². The number of ketones is 1. The summed E-state index contributed by atoms with van der Waals surface area (Å²) in [5.74, 6) is 0.745. The number of halogens is 3. The van der Waals surface area contributed by atoms with Crippen LogP contribution in [0.3, 0.4) is 0 Å². The van der Waals surface area contributed by atoms with E-state index in [9.17, 15) is 23.1 Å². The van der Waals surface area contributed by atoms with E-state index in [0.29, 0.717) is 23.6 Å². The van der Waals surface area contributed by atoms with Gasteiger partial charge in [0, 0.05) is 18.2 Å². The molecule has 1 fully saturated rings. The smallest absolute Gasteiger partial charge is 0.416 e. The summed E-state index contributed by atoms with van der Waals surface area (Å²) >= 11 is 0. The molecule has 32 heavy (non-hydrogen) atoms. The minimum Gasteiger partial charge on any atom is -0.493 e. The van der Waals surface area contributed by atoms with Gasteiger partial charge in [-0.05, 0) is 62.2 Å². The first-order chi connectivity index (χ1) is 15.2. The van der Waals surface area contributed by atoms with E-state index in [4.69, 9.17) is 9.47 Å². The second kappa shape index (κ2) is 10.4. The lowest BCUT2D eigenvalue weighted by molar-refractivity contribution is -0.137. The molecule has 8 heteroatoms. The lowest BCUT2D eigenvalue weighted by Crippen LogP contribution is -2.40. The first kappa shape index (κ1) is 24.1. The molecule has 1 saturated heterocycles. The highest BCUT2D eigenvalue weighted by Gasteiger charge is 2.31. The van der Waals surface area contributed by atoms with Crippen LogP contribution >= 0.6 is 0 Å². The molecule has 2 aromatic rings. The standard InChI is InChI=1S/C24H28F3NO4/c1-16(29)18-8-11-22(23(13-18)31-2)32-15-20(30)14-28-12-4-3-5-21(28)17-6-9-19(10-7-17)24(25,26)27/h6-11,13,20-21,30H,3-5,12,14-15H2,1-2H3. The zero-order chi connectivity index (χ0) is 23.3. The number of aliphatic hydroxyl groups is 1. The number of benzene rings is 2. The molecular weight excluding hydrogens is 423 g/mol. The normalized spacial score (nSPS) is 18.2. The van der Waals surface area contributed by atoms with E-state index in [1.807, 2.05) is 0 Å². The monoisotopic (exact) mass is 451 g/mol. The molecule has 0 saturated carbocycles. The number of aliphatic hydroxyl groups excluding tert-OH is 1. The molecule has 1 heterocycles. The number of alkyl halides is 3. The number of piperidine rings is 1. The van der Waals surface area contributed by atoms with Crippen molar-refractivity contribution in [2.75, 3.05) is 26.8 Å². The van der Waals surface area contributed by atoms with Gasteiger partial charge in [-0.2, -0.15) is 13.2 Å². The lowest BCUT2D eigenvalue weighted by Gasteiger charge is -2.37. The molecule has 2 atom stereocenters. The van der Waals surface area contributed by atoms with Crippen LogP contribution in [-0.2, 0) is 6.18 Å². The Balaban J connectivity index is 1.63. The number of hydrogen-bond donors (Lipinski definition) is 1. The summed E-state index contributed by atoms with van der Waals surface area (Å²) < 4.78 is 49.6. The summed E-state index contributed by atoms with van der Waals surface area (Å²) in [5, 5.41) is 10.6. The van der Waals surface area contributed by atoms with E-state index in [1.54, 1.807) is 18.2 Å². The van der Waals surface area contributed by atoms with E-state index >= 15 is 0 Å². The van der Waals surface area contributed by atoms with Crippen molar-refractivity contribution in [3.63, 3.8) is 0 Å². The molecule has 5 nitrogen and oxygen atoms in total. The van der Waals surface area contributed by atoms with Crippen LogP contribution in [0.4, 0.5) is 13.2 Å². The fourth-order valence-electron chi connectivity index (χ4n) is 4.00. The molecule has 0 amide bonds. The molecule has 1 aliphatic rings. The highest BCUT2D eigenvalue weighted by molar-refractivity contribution is 5.94. The Bertz CT molecular complexity index is 914. The molecule has 1 N–H and O–H groups in total. The molecule has 0 spiro atoms. The summed E-state index contributed by atoms with van der Waals surface area (Å²) in [6.45, 7) is 2.57. The molecule has 3 rings (SSSR count). The Kier molecular flexibility index (Phi) is 7.79. The number of ether oxygens (including phenoxy) is 2. The quantitative estimate of drug-likeness (QED) is 0.580. The van der Waals surface area contributed by atoms with E-state index in [-0.39, 0.29) is 18.4 Å². The maximum absolute atomic E-state index is 12.9. The Labute approximate surface area is 185 Å². The van der Waals surface area contributed by atoms with Crippen LogP contribution in [0, 0.1) is 0 Å². The molecule has 0 aliphatic carbocycles. The molecule has 0 aromatic heterocycles. The van der Waals surface area contributed by atoms with Gasteiger partial charge >= 0.3 is 6.18 Å². The number of carbonyl (C=O) groups excluding carboxylic acids is 1. The van der Waals surface area contributed by atoms with Crippen molar-refractivity contribution < 1.29 is 32.5 Å².